The number of hydrogen-bond acceptors (Lipinski definition) is 5. The van der Waals surface area contributed by atoms with Crippen LogP contribution >= 0.6 is 15.9 Å². The van der Waals surface area contributed by atoms with E-state index in [1.807, 2.05) is 0 Å². The zero-order valence-corrected chi connectivity index (χ0v) is 13.9. The summed E-state index contributed by atoms with van der Waals surface area (Å²) in [7, 11) is 1.49. The SMILES string of the molecule is CNC(=O)c1cc(Br)cc([N+](=O)[O-])c1N[C@@H]1CCCC[C@@H]1N. The molecule has 0 saturated heterocycles. The number of nitrogens with one attached hydrogen (secondary N) is 2. The minimum atomic E-state index is -0.492. The second kappa shape index (κ2) is 7.06. The summed E-state index contributed by atoms with van der Waals surface area (Å²) in [5.41, 5.74) is 6.43. The molecular weight excluding hydrogens is 352 g/mol. The van der Waals surface area contributed by atoms with Crippen molar-refractivity contribution in [1.82, 2.24) is 5.32 Å². The van der Waals surface area contributed by atoms with Crippen LogP contribution in [-0.4, -0.2) is 30.0 Å². The van der Waals surface area contributed by atoms with E-state index in [0.717, 1.165) is 25.7 Å². The molecule has 1 amide bonds. The summed E-state index contributed by atoms with van der Waals surface area (Å²) in [6.07, 6.45) is 3.79. The third kappa shape index (κ3) is 3.56. The average Bonchev–Trinajstić information content (AvgIpc) is 2.49. The van der Waals surface area contributed by atoms with Crippen LogP contribution < -0.4 is 16.4 Å². The molecule has 1 aromatic rings. The van der Waals surface area contributed by atoms with E-state index in [0.29, 0.717) is 4.47 Å². The lowest BCUT2D eigenvalue weighted by molar-refractivity contribution is -0.384. The van der Waals surface area contributed by atoms with Gasteiger partial charge in [0, 0.05) is 29.7 Å². The van der Waals surface area contributed by atoms with E-state index in [-0.39, 0.29) is 34.9 Å². The Morgan fingerprint density at radius 3 is 2.68 bits per heavy atom. The summed E-state index contributed by atoms with van der Waals surface area (Å²) in [6, 6.07) is 2.82. The van der Waals surface area contributed by atoms with Crippen molar-refractivity contribution in [3.05, 3.63) is 32.3 Å². The van der Waals surface area contributed by atoms with Crippen molar-refractivity contribution in [2.75, 3.05) is 12.4 Å². The van der Waals surface area contributed by atoms with Gasteiger partial charge in [-0.2, -0.15) is 0 Å². The van der Waals surface area contributed by atoms with Gasteiger partial charge in [-0.25, -0.2) is 0 Å². The van der Waals surface area contributed by atoms with E-state index in [2.05, 4.69) is 26.6 Å². The van der Waals surface area contributed by atoms with Crippen molar-refractivity contribution >= 4 is 33.2 Å². The molecule has 1 aliphatic rings. The van der Waals surface area contributed by atoms with Crippen molar-refractivity contribution in [3.63, 3.8) is 0 Å². The van der Waals surface area contributed by atoms with E-state index in [1.165, 1.54) is 13.1 Å². The predicted octanol–water partition coefficient (Wildman–Crippen LogP) is 2.40. The van der Waals surface area contributed by atoms with Crippen molar-refractivity contribution in [3.8, 4) is 0 Å². The molecule has 0 heterocycles. The van der Waals surface area contributed by atoms with Gasteiger partial charge in [0.25, 0.3) is 11.6 Å². The van der Waals surface area contributed by atoms with Crippen molar-refractivity contribution in [2.24, 2.45) is 5.73 Å². The van der Waals surface area contributed by atoms with Crippen molar-refractivity contribution < 1.29 is 9.72 Å². The zero-order valence-electron chi connectivity index (χ0n) is 12.3. The molecule has 2 rings (SSSR count). The molecule has 0 unspecified atom stereocenters. The number of nitrogens with zero attached hydrogens (tertiary/aromatic N) is 1. The fourth-order valence-electron chi connectivity index (χ4n) is 2.73. The van der Waals surface area contributed by atoms with Crippen LogP contribution in [0.4, 0.5) is 11.4 Å². The number of carbonyl (C=O) groups is 1. The second-order valence-electron chi connectivity index (χ2n) is 5.38. The van der Waals surface area contributed by atoms with Gasteiger partial charge in [0.1, 0.15) is 5.69 Å². The van der Waals surface area contributed by atoms with Gasteiger partial charge >= 0.3 is 0 Å². The highest BCUT2D eigenvalue weighted by atomic mass is 79.9. The lowest BCUT2D eigenvalue weighted by Gasteiger charge is -2.30. The summed E-state index contributed by atoms with van der Waals surface area (Å²) >= 11 is 3.21. The Labute approximate surface area is 136 Å². The van der Waals surface area contributed by atoms with E-state index in [4.69, 9.17) is 5.73 Å². The van der Waals surface area contributed by atoms with Gasteiger partial charge in [-0.3, -0.25) is 14.9 Å². The van der Waals surface area contributed by atoms with Crippen LogP contribution in [0.25, 0.3) is 0 Å². The Hall–Kier alpha value is -1.67. The molecular formula is C14H19BrN4O3. The van der Waals surface area contributed by atoms with Crippen LogP contribution in [0.1, 0.15) is 36.0 Å². The number of nitro benzene ring substituents is 1. The number of nitrogens with two attached hydrogens (primary N) is 1. The number of halogens is 1. The van der Waals surface area contributed by atoms with Crippen LogP contribution in [0.5, 0.6) is 0 Å². The van der Waals surface area contributed by atoms with Gasteiger partial charge in [-0.1, -0.05) is 28.8 Å². The van der Waals surface area contributed by atoms with Gasteiger partial charge < -0.3 is 16.4 Å². The molecule has 1 fully saturated rings. The number of carbonyl (C=O) groups excluding carboxylic acids is 1. The van der Waals surface area contributed by atoms with Gasteiger partial charge in [-0.05, 0) is 18.9 Å². The standard InChI is InChI=1S/C14H19BrN4O3/c1-17-14(20)9-6-8(15)7-12(19(21)22)13(9)18-11-5-3-2-4-10(11)16/h6-7,10-11,18H,2-5,16H2,1H3,(H,17,20)/t10-,11+/m0/s1. The molecule has 22 heavy (non-hydrogen) atoms. The van der Waals surface area contributed by atoms with Crippen LogP contribution in [-0.2, 0) is 0 Å². The minimum Gasteiger partial charge on any atom is -0.375 e. The first kappa shape index (κ1) is 16.7. The first-order chi connectivity index (χ1) is 10.4. The highest BCUT2D eigenvalue weighted by Crippen LogP contribution is 2.34. The quantitative estimate of drug-likeness (QED) is 0.556. The first-order valence-electron chi connectivity index (χ1n) is 7.16. The summed E-state index contributed by atoms with van der Waals surface area (Å²) < 4.78 is 0.483. The first-order valence-corrected chi connectivity index (χ1v) is 7.95. The summed E-state index contributed by atoms with van der Waals surface area (Å²) in [5, 5.41) is 17.0. The molecule has 0 radical (unpaired) electrons. The lowest BCUT2D eigenvalue weighted by atomic mass is 9.90. The summed E-state index contributed by atoms with van der Waals surface area (Å²) in [6.45, 7) is 0. The molecule has 4 N–H and O–H groups in total. The number of benzene rings is 1. The molecule has 8 heteroatoms. The van der Waals surface area contributed by atoms with E-state index in [9.17, 15) is 14.9 Å². The Kier molecular flexibility index (Phi) is 5.36. The smallest absolute Gasteiger partial charge is 0.294 e. The average molecular weight is 371 g/mol. The van der Waals surface area contributed by atoms with Gasteiger partial charge in [0.05, 0.1) is 10.5 Å². The topological polar surface area (TPSA) is 110 Å². The van der Waals surface area contributed by atoms with Crippen LogP contribution in [0.2, 0.25) is 0 Å². The van der Waals surface area contributed by atoms with Crippen molar-refractivity contribution in [1.29, 1.82) is 0 Å². The van der Waals surface area contributed by atoms with Gasteiger partial charge in [0.2, 0.25) is 0 Å². The van der Waals surface area contributed by atoms with Gasteiger partial charge in [0.15, 0.2) is 0 Å². The highest BCUT2D eigenvalue weighted by molar-refractivity contribution is 9.10. The Morgan fingerprint density at radius 1 is 1.41 bits per heavy atom. The number of nitro groups is 1. The molecule has 1 saturated carbocycles. The summed E-state index contributed by atoms with van der Waals surface area (Å²) in [5.74, 6) is -0.378. The molecule has 0 spiro atoms. The molecule has 120 valence electrons. The molecule has 0 aromatic heterocycles. The zero-order chi connectivity index (χ0) is 16.3. The van der Waals surface area contributed by atoms with Gasteiger partial charge in [-0.15, -0.1) is 0 Å². The Morgan fingerprint density at radius 2 is 2.09 bits per heavy atom. The molecule has 1 aromatic carbocycles. The van der Waals surface area contributed by atoms with Crippen LogP contribution in [0, 0.1) is 10.1 Å². The van der Waals surface area contributed by atoms with Crippen molar-refractivity contribution in [2.45, 2.75) is 37.8 Å². The van der Waals surface area contributed by atoms with E-state index < -0.39 is 4.92 Å². The maximum atomic E-state index is 12.1. The number of amides is 1. The normalized spacial score (nSPS) is 21.2. The molecule has 2 atom stereocenters. The minimum absolute atomic E-state index is 0.0722. The Bertz CT molecular complexity index is 594. The second-order valence-corrected chi connectivity index (χ2v) is 6.30. The fourth-order valence-corrected chi connectivity index (χ4v) is 3.17. The molecule has 0 bridgehead atoms. The summed E-state index contributed by atoms with van der Waals surface area (Å²) in [4.78, 5) is 22.9. The molecule has 7 nitrogen and oxygen atoms in total. The molecule has 1 aliphatic carbocycles. The Balaban J connectivity index is 2.45. The maximum Gasteiger partial charge on any atom is 0.294 e. The van der Waals surface area contributed by atoms with E-state index in [1.54, 1.807) is 6.07 Å². The number of hydrogen-bond donors (Lipinski definition) is 3. The predicted molar refractivity (Wildman–Crippen MR) is 88.0 cm³/mol. The third-order valence-electron chi connectivity index (χ3n) is 3.90. The molecule has 0 aliphatic heterocycles. The fraction of sp³-hybridized carbons (Fsp3) is 0.500. The maximum absolute atomic E-state index is 12.1. The monoisotopic (exact) mass is 370 g/mol. The highest BCUT2D eigenvalue weighted by Gasteiger charge is 2.28. The van der Waals surface area contributed by atoms with E-state index >= 15 is 0 Å². The number of anilines is 1. The van der Waals surface area contributed by atoms with Crippen LogP contribution in [0.15, 0.2) is 16.6 Å². The third-order valence-corrected chi connectivity index (χ3v) is 4.36. The van der Waals surface area contributed by atoms with Crippen LogP contribution in [0.3, 0.4) is 0 Å². The lowest BCUT2D eigenvalue weighted by Crippen LogP contribution is -2.43. The number of rotatable bonds is 4. The largest absolute Gasteiger partial charge is 0.375 e.